The van der Waals surface area contributed by atoms with Crippen LogP contribution in [0.1, 0.15) is 45.1 Å². The van der Waals surface area contributed by atoms with Crippen LogP contribution in [0.4, 0.5) is 0 Å². The minimum atomic E-state index is -0.169. The summed E-state index contributed by atoms with van der Waals surface area (Å²) < 4.78 is 10.9. The Hall–Kier alpha value is -2.23. The highest BCUT2D eigenvalue weighted by Gasteiger charge is 2.09. The van der Waals surface area contributed by atoms with E-state index in [2.05, 4.69) is 34.8 Å². The van der Waals surface area contributed by atoms with Crippen molar-refractivity contribution < 1.29 is 13.9 Å². The van der Waals surface area contributed by atoms with Crippen LogP contribution in [0, 0.1) is 5.92 Å². The molecular weight excluding hydrogens is 495 g/mol. The van der Waals surface area contributed by atoms with Gasteiger partial charge >= 0.3 is 0 Å². The van der Waals surface area contributed by atoms with Gasteiger partial charge in [0, 0.05) is 6.54 Å². The molecule has 1 aromatic carbocycles. The van der Waals surface area contributed by atoms with Crippen LogP contribution >= 0.6 is 24.0 Å². The van der Waals surface area contributed by atoms with Gasteiger partial charge in [0.25, 0.3) is 0 Å². The van der Waals surface area contributed by atoms with Gasteiger partial charge in [0.2, 0.25) is 5.91 Å². The van der Waals surface area contributed by atoms with Crippen LogP contribution in [0.5, 0.6) is 5.75 Å². The number of guanidine groups is 1. The summed E-state index contributed by atoms with van der Waals surface area (Å²) in [5, 5.41) is 9.28. The van der Waals surface area contributed by atoms with Crippen molar-refractivity contribution in [2.24, 2.45) is 10.9 Å². The maximum absolute atomic E-state index is 12.0. The zero-order valence-corrected chi connectivity index (χ0v) is 20.4. The minimum absolute atomic E-state index is 0. The largest absolute Gasteiger partial charge is 0.493 e. The Kier molecular flexibility index (Phi) is 12.0. The number of ether oxygens (including phenoxy) is 1. The van der Waals surface area contributed by atoms with Gasteiger partial charge in [-0.1, -0.05) is 26.0 Å². The predicted octanol–water partition coefficient (Wildman–Crippen LogP) is 3.86. The van der Waals surface area contributed by atoms with Crippen LogP contribution in [-0.2, 0) is 11.3 Å². The summed E-state index contributed by atoms with van der Waals surface area (Å²) >= 11 is 0. The van der Waals surface area contributed by atoms with Crippen LogP contribution in [-0.4, -0.2) is 31.6 Å². The Morgan fingerprint density at radius 3 is 2.47 bits per heavy atom. The molecule has 1 amide bonds. The number of amides is 1. The lowest BCUT2D eigenvalue weighted by molar-refractivity contribution is -0.119. The third-order valence-corrected chi connectivity index (χ3v) is 4.08. The number of halogens is 1. The molecule has 0 fully saturated rings. The summed E-state index contributed by atoms with van der Waals surface area (Å²) in [4.78, 5) is 16.4. The molecule has 0 aliphatic heterocycles. The lowest BCUT2D eigenvalue weighted by Crippen LogP contribution is -2.39. The molecule has 3 N–H and O–H groups in total. The summed E-state index contributed by atoms with van der Waals surface area (Å²) in [6.07, 6.45) is 1.58. The van der Waals surface area contributed by atoms with Gasteiger partial charge in [0.15, 0.2) is 5.96 Å². The van der Waals surface area contributed by atoms with E-state index >= 15 is 0 Å². The van der Waals surface area contributed by atoms with E-state index < -0.39 is 0 Å². The predicted molar refractivity (Wildman–Crippen MR) is 130 cm³/mol. The Balaban J connectivity index is 0.00000450. The molecule has 2 rings (SSSR count). The number of benzene rings is 1. The van der Waals surface area contributed by atoms with Crippen molar-refractivity contribution >= 4 is 35.8 Å². The van der Waals surface area contributed by atoms with Crippen molar-refractivity contribution in [3.63, 3.8) is 0 Å². The number of hydrogen-bond donors (Lipinski definition) is 3. The smallest absolute Gasteiger partial charge is 0.242 e. The van der Waals surface area contributed by atoms with E-state index in [1.54, 1.807) is 12.3 Å². The highest BCUT2D eigenvalue weighted by molar-refractivity contribution is 14.0. The molecule has 1 unspecified atom stereocenters. The van der Waals surface area contributed by atoms with E-state index in [4.69, 9.17) is 9.15 Å². The van der Waals surface area contributed by atoms with E-state index in [1.165, 1.54) is 0 Å². The molecule has 0 aliphatic rings. The number of hydrogen-bond acceptors (Lipinski definition) is 4. The van der Waals surface area contributed by atoms with Crippen molar-refractivity contribution in [2.45, 2.75) is 40.3 Å². The van der Waals surface area contributed by atoms with Crippen molar-refractivity contribution in [1.29, 1.82) is 0 Å². The van der Waals surface area contributed by atoms with Gasteiger partial charge in [-0.3, -0.25) is 4.79 Å². The fourth-order valence-electron chi connectivity index (χ4n) is 2.53. The quantitative estimate of drug-likeness (QED) is 0.248. The molecule has 7 nitrogen and oxygen atoms in total. The second kappa shape index (κ2) is 13.9. The van der Waals surface area contributed by atoms with E-state index in [0.29, 0.717) is 37.3 Å². The number of aliphatic imine (C=N–C) groups is 1. The Bertz CT molecular complexity index is 761. The number of nitrogens with zero attached hydrogens (tertiary/aromatic N) is 1. The van der Waals surface area contributed by atoms with E-state index in [1.807, 2.05) is 44.2 Å². The first-order chi connectivity index (χ1) is 14.0. The topological polar surface area (TPSA) is 87.9 Å². The highest BCUT2D eigenvalue weighted by Crippen LogP contribution is 2.18. The second-order valence-electron chi connectivity index (χ2n) is 7.19. The molecule has 0 spiro atoms. The fraction of sp³-hybridized carbons (Fsp3) is 0.455. The number of carbonyl (C=O) groups excluding carboxylic acids is 1. The molecule has 166 valence electrons. The fourth-order valence-corrected chi connectivity index (χ4v) is 2.53. The zero-order valence-electron chi connectivity index (χ0n) is 18.1. The van der Waals surface area contributed by atoms with Gasteiger partial charge in [-0.2, -0.15) is 0 Å². The van der Waals surface area contributed by atoms with Gasteiger partial charge in [0.1, 0.15) is 18.1 Å². The van der Waals surface area contributed by atoms with Gasteiger partial charge in [-0.05, 0) is 49.6 Å². The first kappa shape index (κ1) is 25.8. The summed E-state index contributed by atoms with van der Waals surface area (Å²) in [5.74, 6) is 2.49. The standard InChI is InChI=1S/C22H32N4O3.HI/c1-5-23-22(25-14-21(27)24-13-20-7-6-12-28-20)26-17(4)18-8-10-19(11-9-18)29-15-16(2)3;/h6-12,16-17H,5,13-15H2,1-4H3,(H,24,27)(H2,23,25,26);1H. The van der Waals surface area contributed by atoms with E-state index in [-0.39, 0.29) is 42.5 Å². The molecule has 0 saturated heterocycles. The van der Waals surface area contributed by atoms with Crippen molar-refractivity contribution in [1.82, 2.24) is 16.0 Å². The Labute approximate surface area is 196 Å². The lowest BCUT2D eigenvalue weighted by Gasteiger charge is -2.18. The van der Waals surface area contributed by atoms with Crippen molar-refractivity contribution in [3.8, 4) is 5.75 Å². The molecule has 1 aromatic heterocycles. The number of furan rings is 1. The molecule has 0 bridgehead atoms. The third-order valence-electron chi connectivity index (χ3n) is 4.08. The number of carbonyl (C=O) groups is 1. The molecule has 1 atom stereocenters. The summed E-state index contributed by atoms with van der Waals surface area (Å²) in [6, 6.07) is 11.6. The molecule has 0 saturated carbocycles. The number of rotatable bonds is 10. The zero-order chi connectivity index (χ0) is 21.1. The van der Waals surface area contributed by atoms with Crippen molar-refractivity contribution in [2.75, 3.05) is 19.7 Å². The molecular formula is C22H33IN4O3. The van der Waals surface area contributed by atoms with Crippen LogP contribution in [0.25, 0.3) is 0 Å². The van der Waals surface area contributed by atoms with E-state index in [0.717, 1.165) is 11.3 Å². The summed E-state index contributed by atoms with van der Waals surface area (Å²) in [6.45, 7) is 10.1. The third kappa shape index (κ3) is 9.51. The Morgan fingerprint density at radius 2 is 1.87 bits per heavy atom. The van der Waals surface area contributed by atoms with Gasteiger partial charge < -0.3 is 25.1 Å². The second-order valence-corrected chi connectivity index (χ2v) is 7.19. The summed E-state index contributed by atoms with van der Waals surface area (Å²) in [7, 11) is 0. The van der Waals surface area contributed by atoms with Gasteiger partial charge in [0.05, 0.1) is 25.5 Å². The molecule has 0 radical (unpaired) electrons. The molecule has 30 heavy (non-hydrogen) atoms. The number of nitrogens with one attached hydrogen (secondary N) is 3. The Morgan fingerprint density at radius 1 is 1.13 bits per heavy atom. The van der Waals surface area contributed by atoms with Gasteiger partial charge in [-0.15, -0.1) is 24.0 Å². The van der Waals surface area contributed by atoms with Crippen LogP contribution in [0.3, 0.4) is 0 Å². The minimum Gasteiger partial charge on any atom is -0.493 e. The van der Waals surface area contributed by atoms with Crippen LogP contribution in [0.15, 0.2) is 52.1 Å². The van der Waals surface area contributed by atoms with Crippen molar-refractivity contribution in [3.05, 3.63) is 54.0 Å². The average Bonchev–Trinajstić information content (AvgIpc) is 3.23. The van der Waals surface area contributed by atoms with Crippen LogP contribution in [0.2, 0.25) is 0 Å². The molecule has 2 aromatic rings. The molecule has 1 heterocycles. The highest BCUT2D eigenvalue weighted by atomic mass is 127. The van der Waals surface area contributed by atoms with Crippen LogP contribution < -0.4 is 20.7 Å². The van der Waals surface area contributed by atoms with E-state index in [9.17, 15) is 4.79 Å². The lowest BCUT2D eigenvalue weighted by atomic mass is 10.1. The normalized spacial score (nSPS) is 12.1. The SMILES string of the molecule is CCNC(=NCC(=O)NCc1ccco1)NC(C)c1ccc(OCC(C)C)cc1.I. The maximum Gasteiger partial charge on any atom is 0.242 e. The summed E-state index contributed by atoms with van der Waals surface area (Å²) in [5.41, 5.74) is 1.11. The first-order valence-electron chi connectivity index (χ1n) is 10.0. The maximum atomic E-state index is 12.0. The van der Waals surface area contributed by atoms with Gasteiger partial charge in [-0.25, -0.2) is 4.99 Å². The monoisotopic (exact) mass is 528 g/mol. The first-order valence-corrected chi connectivity index (χ1v) is 10.0. The molecule has 8 heteroatoms. The molecule has 0 aliphatic carbocycles. The average molecular weight is 528 g/mol.